The Hall–Kier alpha value is -3.78. The number of carbonyl (C=O) groups is 1. The minimum Gasteiger partial charge on any atom is -0.338 e. The van der Waals surface area contributed by atoms with Crippen LogP contribution in [0.4, 0.5) is 21.6 Å². The zero-order valence-electron chi connectivity index (χ0n) is 24.0. The van der Waals surface area contributed by atoms with E-state index >= 15 is 0 Å². The number of benzene rings is 2. The van der Waals surface area contributed by atoms with Gasteiger partial charge in [-0.1, -0.05) is 12.5 Å². The number of rotatable bonds is 7. The molecule has 2 aliphatic rings. The first-order valence-corrected chi connectivity index (χ1v) is 15.5. The first-order chi connectivity index (χ1) is 20.6. The van der Waals surface area contributed by atoms with Crippen molar-refractivity contribution in [1.29, 1.82) is 0 Å². The average molecular weight is 699 g/mol. The molecule has 224 valence electrons. The molecule has 1 amide bonds. The molecular formula is C31H32FIN6O4. The van der Waals surface area contributed by atoms with Crippen LogP contribution in [0.1, 0.15) is 43.7 Å². The number of nitrogens with zero attached hydrogens (tertiary/aromatic N) is 4. The highest BCUT2D eigenvalue weighted by Gasteiger charge is 2.31. The molecule has 2 N–H and O–H groups in total. The third-order valence-electron chi connectivity index (χ3n) is 8.14. The Balaban J connectivity index is 1.52. The van der Waals surface area contributed by atoms with Gasteiger partial charge in [0.15, 0.2) is 0 Å². The molecule has 6 rings (SSSR count). The van der Waals surface area contributed by atoms with Gasteiger partial charge in [-0.05, 0) is 105 Å². The molecular weight excluding hydrogens is 666 g/mol. The van der Waals surface area contributed by atoms with Crippen LogP contribution in [0.25, 0.3) is 16.6 Å². The minimum absolute atomic E-state index is 0.0878. The largest absolute Gasteiger partial charge is 0.338 e. The van der Waals surface area contributed by atoms with Crippen molar-refractivity contribution in [1.82, 2.24) is 18.6 Å². The van der Waals surface area contributed by atoms with E-state index in [9.17, 15) is 23.6 Å². The van der Waals surface area contributed by atoms with E-state index in [-0.39, 0.29) is 46.5 Å². The number of fused-ring (bicyclic) bond motifs is 1. The molecule has 0 atom stereocenters. The van der Waals surface area contributed by atoms with Crippen molar-refractivity contribution in [3.05, 3.63) is 88.6 Å². The van der Waals surface area contributed by atoms with Gasteiger partial charge in [0.2, 0.25) is 5.91 Å². The molecule has 2 aromatic carbocycles. The summed E-state index contributed by atoms with van der Waals surface area (Å²) in [5.74, 6) is -0.614. The summed E-state index contributed by atoms with van der Waals surface area (Å²) in [5, 5.41) is 6.01. The van der Waals surface area contributed by atoms with Crippen molar-refractivity contribution in [3.8, 4) is 5.69 Å². The fourth-order valence-electron chi connectivity index (χ4n) is 5.82. The van der Waals surface area contributed by atoms with Gasteiger partial charge in [-0.15, -0.1) is 0 Å². The maximum atomic E-state index is 14.9. The molecule has 1 saturated heterocycles. The van der Waals surface area contributed by atoms with Crippen molar-refractivity contribution in [2.75, 3.05) is 30.3 Å². The van der Waals surface area contributed by atoms with E-state index in [1.165, 1.54) is 33.2 Å². The molecule has 12 heteroatoms. The van der Waals surface area contributed by atoms with E-state index < -0.39 is 22.6 Å². The van der Waals surface area contributed by atoms with E-state index in [1.807, 2.05) is 22.6 Å². The van der Waals surface area contributed by atoms with Crippen LogP contribution in [-0.4, -0.2) is 44.1 Å². The van der Waals surface area contributed by atoms with Crippen LogP contribution in [0.2, 0.25) is 0 Å². The van der Waals surface area contributed by atoms with Crippen molar-refractivity contribution in [2.24, 2.45) is 7.05 Å². The second-order valence-electron chi connectivity index (χ2n) is 11.3. The molecule has 1 aliphatic heterocycles. The maximum Gasteiger partial charge on any atom is 0.336 e. The highest BCUT2D eigenvalue weighted by Crippen LogP contribution is 2.34. The lowest BCUT2D eigenvalue weighted by molar-refractivity contribution is -0.117. The molecule has 10 nitrogen and oxygen atoms in total. The van der Waals surface area contributed by atoms with Gasteiger partial charge in [0, 0.05) is 27.9 Å². The number of hydrogen-bond donors (Lipinski definition) is 2. The number of hydrogen-bond acceptors (Lipinski definition) is 6. The standard InChI is InChI=1S/C31H32FIN6O4/c1-18-27-26(28(36(2)29(18)41)35-24-12-9-19(33)15-23(24)32)30(42)39(21-10-11-21)31(43)38(27)22-8-6-7-20(16-22)34-25(40)17-37-13-4-3-5-14-37/h6-9,12,15-16,21,35H,3-5,10-11,13-14,17H2,1-2H3,(H,34,40). The molecule has 0 unspecified atom stereocenters. The van der Waals surface area contributed by atoms with Gasteiger partial charge in [-0.25, -0.2) is 9.18 Å². The number of nitrogens with one attached hydrogen (secondary N) is 2. The Morgan fingerprint density at radius 1 is 1.02 bits per heavy atom. The van der Waals surface area contributed by atoms with Gasteiger partial charge in [-0.2, -0.15) is 0 Å². The summed E-state index contributed by atoms with van der Waals surface area (Å²) in [4.78, 5) is 56.5. The topological polar surface area (TPSA) is 110 Å². The molecule has 3 heterocycles. The average Bonchev–Trinajstić information content (AvgIpc) is 3.81. The summed E-state index contributed by atoms with van der Waals surface area (Å²) < 4.78 is 19.5. The van der Waals surface area contributed by atoms with Gasteiger partial charge in [0.05, 0.1) is 23.4 Å². The molecule has 0 bridgehead atoms. The van der Waals surface area contributed by atoms with Crippen LogP contribution in [0, 0.1) is 16.3 Å². The Bertz CT molecular complexity index is 1940. The predicted octanol–water partition coefficient (Wildman–Crippen LogP) is 4.41. The van der Waals surface area contributed by atoms with Crippen LogP contribution in [0.15, 0.2) is 56.8 Å². The van der Waals surface area contributed by atoms with Crippen LogP contribution in [0.5, 0.6) is 0 Å². The van der Waals surface area contributed by atoms with Crippen molar-refractivity contribution in [2.45, 2.75) is 45.1 Å². The smallest absolute Gasteiger partial charge is 0.336 e. The number of aromatic nitrogens is 3. The number of anilines is 3. The Labute approximate surface area is 260 Å². The van der Waals surface area contributed by atoms with Crippen LogP contribution < -0.4 is 27.4 Å². The number of piperidine rings is 1. The lowest BCUT2D eigenvalue weighted by Crippen LogP contribution is -2.41. The molecule has 2 fully saturated rings. The van der Waals surface area contributed by atoms with Gasteiger partial charge in [0.1, 0.15) is 17.0 Å². The zero-order valence-corrected chi connectivity index (χ0v) is 26.1. The first kappa shape index (κ1) is 29.3. The van der Waals surface area contributed by atoms with Gasteiger partial charge in [0.25, 0.3) is 11.1 Å². The summed E-state index contributed by atoms with van der Waals surface area (Å²) in [6.07, 6.45) is 4.66. The maximum absolute atomic E-state index is 14.9. The summed E-state index contributed by atoms with van der Waals surface area (Å²) >= 11 is 2.00. The summed E-state index contributed by atoms with van der Waals surface area (Å²) in [5.41, 5.74) is -0.246. The zero-order chi connectivity index (χ0) is 30.4. The fraction of sp³-hybridized carbons (Fsp3) is 0.355. The summed E-state index contributed by atoms with van der Waals surface area (Å²) in [7, 11) is 1.51. The molecule has 0 spiro atoms. The third kappa shape index (κ3) is 5.65. The molecule has 0 radical (unpaired) electrons. The minimum atomic E-state index is -0.570. The monoisotopic (exact) mass is 698 g/mol. The third-order valence-corrected chi connectivity index (χ3v) is 8.81. The molecule has 1 saturated carbocycles. The number of carbonyl (C=O) groups excluding carboxylic acids is 1. The molecule has 4 aromatic rings. The second-order valence-corrected chi connectivity index (χ2v) is 12.5. The van der Waals surface area contributed by atoms with E-state index in [4.69, 9.17) is 0 Å². The lowest BCUT2D eigenvalue weighted by atomic mass is 10.1. The van der Waals surface area contributed by atoms with Gasteiger partial charge >= 0.3 is 5.69 Å². The van der Waals surface area contributed by atoms with Gasteiger partial charge in [-0.3, -0.25) is 33.0 Å². The van der Waals surface area contributed by atoms with Gasteiger partial charge < -0.3 is 10.6 Å². The van der Waals surface area contributed by atoms with E-state index in [2.05, 4.69) is 15.5 Å². The molecule has 2 aromatic heterocycles. The number of halogens is 2. The quantitative estimate of drug-likeness (QED) is 0.277. The number of likely N-dealkylation sites (tertiary alicyclic amines) is 1. The number of amides is 1. The molecule has 1 aliphatic carbocycles. The SMILES string of the molecule is Cc1c(=O)n(C)c(Nc2ccc(I)cc2F)c2c(=O)n(C3CC3)c(=O)n(-c3cccc(NC(=O)CN4CCCCC4)c3)c12. The van der Waals surface area contributed by atoms with Crippen molar-refractivity contribution in [3.63, 3.8) is 0 Å². The Morgan fingerprint density at radius 2 is 1.77 bits per heavy atom. The van der Waals surface area contributed by atoms with Crippen LogP contribution >= 0.6 is 22.6 Å². The summed E-state index contributed by atoms with van der Waals surface area (Å²) in [6, 6.07) is 11.1. The van der Waals surface area contributed by atoms with Crippen molar-refractivity contribution >= 4 is 56.6 Å². The fourth-order valence-corrected chi connectivity index (χ4v) is 6.27. The first-order valence-electron chi connectivity index (χ1n) is 14.4. The summed E-state index contributed by atoms with van der Waals surface area (Å²) in [6.45, 7) is 3.61. The number of pyridine rings is 1. The van der Waals surface area contributed by atoms with Crippen molar-refractivity contribution < 1.29 is 9.18 Å². The van der Waals surface area contributed by atoms with E-state index in [0.717, 1.165) is 25.9 Å². The normalized spacial score (nSPS) is 15.5. The second kappa shape index (κ2) is 11.7. The molecule has 43 heavy (non-hydrogen) atoms. The van der Waals surface area contributed by atoms with E-state index in [0.29, 0.717) is 27.8 Å². The Morgan fingerprint density at radius 3 is 2.47 bits per heavy atom. The highest BCUT2D eigenvalue weighted by atomic mass is 127. The van der Waals surface area contributed by atoms with E-state index in [1.54, 1.807) is 43.3 Å². The number of aryl methyl sites for hydroxylation is 1. The highest BCUT2D eigenvalue weighted by molar-refractivity contribution is 14.1. The van der Waals surface area contributed by atoms with Crippen LogP contribution in [-0.2, 0) is 11.8 Å². The van der Waals surface area contributed by atoms with Crippen LogP contribution in [0.3, 0.4) is 0 Å². The lowest BCUT2D eigenvalue weighted by Gasteiger charge is -2.25. The predicted molar refractivity (Wildman–Crippen MR) is 173 cm³/mol. The Kier molecular flexibility index (Phi) is 7.98.